The topological polar surface area (TPSA) is 108 Å². The zero-order chi connectivity index (χ0) is 28.6. The van der Waals surface area contributed by atoms with Gasteiger partial charge in [-0.05, 0) is 49.8 Å². The SMILES string of the molecule is C=CC(=O)NC1CCC(Cn2nc(-c3ccc(Oc4c(F)c(F)cc(F)c4F)cc3F)c3c(N)ncnc32)CC1. The van der Waals surface area contributed by atoms with Crippen molar-refractivity contribution in [3.8, 4) is 22.8 Å². The Bertz CT molecular complexity index is 1590. The lowest BCUT2D eigenvalue weighted by Gasteiger charge is -2.28. The van der Waals surface area contributed by atoms with Crippen molar-refractivity contribution in [3.05, 3.63) is 72.3 Å². The molecule has 1 fully saturated rings. The van der Waals surface area contributed by atoms with Crippen LogP contribution in [-0.4, -0.2) is 31.7 Å². The molecule has 40 heavy (non-hydrogen) atoms. The molecule has 0 bridgehead atoms. The third-order valence-corrected chi connectivity index (χ3v) is 6.86. The molecule has 0 atom stereocenters. The summed E-state index contributed by atoms with van der Waals surface area (Å²) in [6.07, 6.45) is 5.69. The van der Waals surface area contributed by atoms with Gasteiger partial charge in [0.25, 0.3) is 0 Å². The van der Waals surface area contributed by atoms with E-state index in [0.29, 0.717) is 17.6 Å². The third kappa shape index (κ3) is 5.18. The molecule has 0 aliphatic heterocycles. The summed E-state index contributed by atoms with van der Waals surface area (Å²) in [6.45, 7) is 3.93. The van der Waals surface area contributed by atoms with Crippen LogP contribution in [0.25, 0.3) is 22.3 Å². The van der Waals surface area contributed by atoms with Crippen LogP contribution in [0.5, 0.6) is 11.5 Å². The lowest BCUT2D eigenvalue weighted by atomic mass is 9.86. The summed E-state index contributed by atoms with van der Waals surface area (Å²) in [5, 5.41) is 7.79. The maximum atomic E-state index is 15.3. The van der Waals surface area contributed by atoms with Crippen LogP contribution < -0.4 is 15.8 Å². The standard InChI is InChI=1S/C27H23F5N6O2/c1-2-20(39)36-14-5-3-13(4-6-14)11-38-27-21(26(33)34-12-35-27)24(37-38)16-8-7-15(9-17(16)28)40-25-22(31)18(29)10-19(30)23(25)32/h2,7-10,12-14H,1,3-6,11H2,(H,36,39)(H2,33,34,35). The van der Waals surface area contributed by atoms with Crippen molar-refractivity contribution in [1.29, 1.82) is 0 Å². The maximum absolute atomic E-state index is 15.3. The highest BCUT2D eigenvalue weighted by Crippen LogP contribution is 2.36. The smallest absolute Gasteiger partial charge is 0.243 e. The molecule has 0 unspecified atom stereocenters. The number of nitrogen functional groups attached to an aromatic ring is 1. The van der Waals surface area contributed by atoms with E-state index in [4.69, 9.17) is 10.5 Å². The molecule has 1 aliphatic carbocycles. The maximum Gasteiger partial charge on any atom is 0.243 e. The molecule has 2 aromatic carbocycles. The first kappa shape index (κ1) is 27.0. The van der Waals surface area contributed by atoms with Crippen molar-refractivity contribution < 1.29 is 31.5 Å². The Morgan fingerprint density at radius 2 is 1.75 bits per heavy atom. The van der Waals surface area contributed by atoms with Crippen molar-refractivity contribution in [2.75, 3.05) is 5.73 Å². The third-order valence-electron chi connectivity index (χ3n) is 6.86. The van der Waals surface area contributed by atoms with Gasteiger partial charge in [-0.2, -0.15) is 13.9 Å². The van der Waals surface area contributed by atoms with Crippen LogP contribution in [0.3, 0.4) is 0 Å². The quantitative estimate of drug-likeness (QED) is 0.178. The molecule has 1 aliphatic rings. The number of halogens is 5. The molecule has 1 saturated carbocycles. The highest BCUT2D eigenvalue weighted by Gasteiger charge is 2.26. The van der Waals surface area contributed by atoms with Gasteiger partial charge in [-0.25, -0.2) is 27.8 Å². The first-order valence-electron chi connectivity index (χ1n) is 12.4. The zero-order valence-corrected chi connectivity index (χ0v) is 20.9. The Kier molecular flexibility index (Phi) is 7.37. The van der Waals surface area contributed by atoms with Gasteiger partial charge in [0.05, 0.1) is 5.39 Å². The number of hydrogen-bond acceptors (Lipinski definition) is 6. The van der Waals surface area contributed by atoms with Crippen LogP contribution >= 0.6 is 0 Å². The van der Waals surface area contributed by atoms with Gasteiger partial charge < -0.3 is 15.8 Å². The fourth-order valence-corrected chi connectivity index (χ4v) is 4.85. The first-order chi connectivity index (χ1) is 19.2. The number of fused-ring (bicyclic) bond motifs is 1. The molecule has 3 N–H and O–H groups in total. The summed E-state index contributed by atoms with van der Waals surface area (Å²) >= 11 is 0. The van der Waals surface area contributed by atoms with Crippen molar-refractivity contribution in [3.63, 3.8) is 0 Å². The molecule has 1 amide bonds. The van der Waals surface area contributed by atoms with Crippen LogP contribution in [-0.2, 0) is 11.3 Å². The van der Waals surface area contributed by atoms with Crippen LogP contribution in [0.4, 0.5) is 27.8 Å². The first-order valence-corrected chi connectivity index (χ1v) is 12.4. The van der Waals surface area contributed by atoms with E-state index in [1.165, 1.54) is 24.5 Å². The number of amides is 1. The predicted octanol–water partition coefficient (Wildman–Crippen LogP) is 5.42. The van der Waals surface area contributed by atoms with E-state index < -0.39 is 40.6 Å². The van der Waals surface area contributed by atoms with Crippen molar-refractivity contribution in [1.82, 2.24) is 25.1 Å². The van der Waals surface area contributed by atoms with E-state index in [2.05, 4.69) is 27.0 Å². The minimum Gasteiger partial charge on any atom is -0.451 e. The van der Waals surface area contributed by atoms with Gasteiger partial charge in [-0.15, -0.1) is 0 Å². The fourth-order valence-electron chi connectivity index (χ4n) is 4.85. The number of carbonyl (C=O) groups is 1. The summed E-state index contributed by atoms with van der Waals surface area (Å²) in [5.41, 5.74) is 6.61. The number of carbonyl (C=O) groups excluding carboxylic acids is 1. The monoisotopic (exact) mass is 558 g/mol. The van der Waals surface area contributed by atoms with E-state index in [0.717, 1.165) is 31.7 Å². The van der Waals surface area contributed by atoms with E-state index in [9.17, 15) is 22.4 Å². The summed E-state index contributed by atoms with van der Waals surface area (Å²) in [4.78, 5) is 19.9. The summed E-state index contributed by atoms with van der Waals surface area (Å²) in [7, 11) is 0. The second-order valence-corrected chi connectivity index (χ2v) is 9.46. The van der Waals surface area contributed by atoms with Crippen molar-refractivity contribution >= 4 is 22.8 Å². The minimum absolute atomic E-state index is 0.0280. The molecule has 2 heterocycles. The van der Waals surface area contributed by atoms with E-state index in [1.54, 1.807) is 4.68 Å². The van der Waals surface area contributed by atoms with Gasteiger partial charge in [-0.3, -0.25) is 4.79 Å². The second kappa shape index (κ2) is 10.9. The van der Waals surface area contributed by atoms with Gasteiger partial charge in [0, 0.05) is 30.3 Å². The Hall–Kier alpha value is -4.55. The van der Waals surface area contributed by atoms with Crippen LogP contribution in [0, 0.1) is 35.0 Å². The Labute approximate surface area is 224 Å². The highest BCUT2D eigenvalue weighted by atomic mass is 19.2. The number of nitrogens with zero attached hydrogens (tertiary/aromatic N) is 4. The number of ether oxygens (including phenoxy) is 1. The molecule has 5 rings (SSSR count). The van der Waals surface area contributed by atoms with Crippen LogP contribution in [0.1, 0.15) is 25.7 Å². The van der Waals surface area contributed by atoms with Crippen LogP contribution in [0.2, 0.25) is 0 Å². The molecule has 208 valence electrons. The summed E-state index contributed by atoms with van der Waals surface area (Å²) < 4.78 is 77.0. The Morgan fingerprint density at radius 3 is 2.40 bits per heavy atom. The summed E-state index contributed by atoms with van der Waals surface area (Å²) in [6, 6.07) is 3.32. The zero-order valence-electron chi connectivity index (χ0n) is 20.9. The van der Waals surface area contributed by atoms with Gasteiger partial charge in [0.1, 0.15) is 29.4 Å². The molecule has 2 aromatic heterocycles. The van der Waals surface area contributed by atoms with E-state index >= 15 is 4.39 Å². The Morgan fingerprint density at radius 1 is 1.05 bits per heavy atom. The molecule has 13 heteroatoms. The highest BCUT2D eigenvalue weighted by molar-refractivity contribution is 5.98. The number of aromatic nitrogens is 4. The molecule has 8 nitrogen and oxygen atoms in total. The normalized spacial score (nSPS) is 17.1. The van der Waals surface area contributed by atoms with Gasteiger partial charge in [-0.1, -0.05) is 6.58 Å². The van der Waals surface area contributed by atoms with Crippen molar-refractivity contribution in [2.45, 2.75) is 38.3 Å². The predicted molar refractivity (Wildman–Crippen MR) is 136 cm³/mol. The molecular weight excluding hydrogens is 535 g/mol. The van der Waals surface area contributed by atoms with E-state index in [-0.39, 0.29) is 41.0 Å². The lowest BCUT2D eigenvalue weighted by Crippen LogP contribution is -2.37. The van der Waals surface area contributed by atoms with E-state index in [1.807, 2.05) is 0 Å². The summed E-state index contributed by atoms with van der Waals surface area (Å²) in [5.74, 6) is -9.40. The number of hydrogen-bond donors (Lipinski definition) is 2. The second-order valence-electron chi connectivity index (χ2n) is 9.46. The van der Waals surface area contributed by atoms with Gasteiger partial charge in [0.15, 0.2) is 17.3 Å². The van der Waals surface area contributed by atoms with Crippen LogP contribution in [0.15, 0.2) is 43.2 Å². The largest absolute Gasteiger partial charge is 0.451 e. The molecule has 0 radical (unpaired) electrons. The fraction of sp³-hybridized carbons (Fsp3) is 0.259. The number of nitrogens with one attached hydrogen (secondary N) is 1. The molecule has 0 saturated heterocycles. The Balaban J connectivity index is 1.42. The number of nitrogens with two attached hydrogens (primary N) is 1. The van der Waals surface area contributed by atoms with Crippen molar-refractivity contribution in [2.24, 2.45) is 5.92 Å². The average Bonchev–Trinajstić information content (AvgIpc) is 3.30. The molecule has 4 aromatic rings. The number of rotatable bonds is 7. The molecular formula is C27H23F5N6O2. The number of benzene rings is 2. The number of anilines is 1. The average molecular weight is 559 g/mol. The minimum atomic E-state index is -1.75. The van der Waals surface area contributed by atoms with Gasteiger partial charge in [0.2, 0.25) is 23.3 Å². The lowest BCUT2D eigenvalue weighted by molar-refractivity contribution is -0.117. The van der Waals surface area contributed by atoms with Gasteiger partial charge >= 0.3 is 0 Å². The molecule has 0 spiro atoms.